The number of nitrogens with one attached hydrogen (secondary N) is 1. The van der Waals surface area contributed by atoms with E-state index in [0.29, 0.717) is 11.5 Å². The summed E-state index contributed by atoms with van der Waals surface area (Å²) in [5.74, 6) is 2.20. The first-order valence-corrected chi connectivity index (χ1v) is 11.5. The minimum Gasteiger partial charge on any atom is -0.454 e. The number of H-pyrrole nitrogens is 1. The van der Waals surface area contributed by atoms with Gasteiger partial charge in [0.05, 0.1) is 23.4 Å². The van der Waals surface area contributed by atoms with Crippen molar-refractivity contribution in [1.82, 2.24) is 20.0 Å². The Morgan fingerprint density at radius 1 is 1.14 bits per heavy atom. The first-order chi connectivity index (χ1) is 13.6. The van der Waals surface area contributed by atoms with Crippen LogP contribution in [0, 0.1) is 0 Å². The summed E-state index contributed by atoms with van der Waals surface area (Å²) in [6.45, 7) is 4.78. The fourth-order valence-corrected chi connectivity index (χ4v) is 6.09. The number of fused-ring (bicyclic) bond motifs is 1. The fourth-order valence-electron chi connectivity index (χ4n) is 4.32. The van der Waals surface area contributed by atoms with Gasteiger partial charge in [0.15, 0.2) is 21.3 Å². The average Bonchev–Trinajstić information content (AvgIpc) is 3.41. The predicted octanol–water partition coefficient (Wildman–Crippen LogP) is 1.11. The first-order valence-electron chi connectivity index (χ1n) is 9.66. The lowest BCUT2D eigenvalue weighted by atomic mass is 10.1. The van der Waals surface area contributed by atoms with Gasteiger partial charge in [0.25, 0.3) is 0 Å². The van der Waals surface area contributed by atoms with Crippen LogP contribution in [0.4, 0.5) is 0 Å². The van der Waals surface area contributed by atoms with Crippen molar-refractivity contribution >= 4 is 9.84 Å². The van der Waals surface area contributed by atoms with Crippen molar-refractivity contribution in [1.29, 1.82) is 0 Å². The van der Waals surface area contributed by atoms with E-state index in [4.69, 9.17) is 9.47 Å². The summed E-state index contributed by atoms with van der Waals surface area (Å²) in [6.07, 6.45) is 2.66. The van der Waals surface area contributed by atoms with E-state index in [-0.39, 0.29) is 12.8 Å². The second kappa shape index (κ2) is 7.06. The van der Waals surface area contributed by atoms with Gasteiger partial charge in [-0.2, -0.15) is 5.10 Å². The van der Waals surface area contributed by atoms with Crippen molar-refractivity contribution in [2.45, 2.75) is 19.0 Å². The van der Waals surface area contributed by atoms with E-state index in [2.05, 4.69) is 20.0 Å². The molecule has 5 rings (SSSR count). The summed E-state index contributed by atoms with van der Waals surface area (Å²) in [4.78, 5) is 4.75. The van der Waals surface area contributed by atoms with Gasteiger partial charge in [-0.25, -0.2) is 8.42 Å². The third-order valence-electron chi connectivity index (χ3n) is 5.90. The largest absolute Gasteiger partial charge is 0.454 e. The molecule has 0 amide bonds. The summed E-state index contributed by atoms with van der Waals surface area (Å²) in [7, 11) is -2.83. The van der Waals surface area contributed by atoms with Crippen LogP contribution in [0.15, 0.2) is 24.4 Å². The number of benzene rings is 1. The van der Waals surface area contributed by atoms with Gasteiger partial charge < -0.3 is 9.47 Å². The first kappa shape index (κ1) is 18.0. The molecule has 150 valence electrons. The monoisotopic (exact) mass is 404 g/mol. The Morgan fingerprint density at radius 3 is 2.75 bits per heavy atom. The SMILES string of the molecule is O=S1(=O)CCC(N2CCN(Cc3cn[nH]c3-c3ccc4c(c3)OCO4)CC2)C1. The van der Waals surface area contributed by atoms with Crippen LogP contribution in [-0.4, -0.2) is 78.9 Å². The molecule has 0 aliphatic carbocycles. The summed E-state index contributed by atoms with van der Waals surface area (Å²) in [6, 6.07) is 6.13. The fraction of sp³-hybridized carbons (Fsp3) is 0.526. The van der Waals surface area contributed by atoms with Crippen LogP contribution in [0.1, 0.15) is 12.0 Å². The van der Waals surface area contributed by atoms with Crippen LogP contribution in [0.25, 0.3) is 11.3 Å². The number of nitrogens with zero attached hydrogens (tertiary/aromatic N) is 3. The lowest BCUT2D eigenvalue weighted by molar-refractivity contribution is 0.100. The molecule has 8 nitrogen and oxygen atoms in total. The molecule has 1 aromatic heterocycles. The molecule has 0 spiro atoms. The van der Waals surface area contributed by atoms with Crippen LogP contribution >= 0.6 is 0 Å². The summed E-state index contributed by atoms with van der Waals surface area (Å²) >= 11 is 0. The van der Waals surface area contributed by atoms with Gasteiger partial charge in [0.2, 0.25) is 6.79 Å². The zero-order valence-electron chi connectivity index (χ0n) is 15.6. The van der Waals surface area contributed by atoms with Crippen LogP contribution in [-0.2, 0) is 16.4 Å². The maximum atomic E-state index is 11.7. The predicted molar refractivity (Wildman–Crippen MR) is 104 cm³/mol. The standard InChI is InChI=1S/C19H24N4O4S/c24-28(25)8-3-16(12-28)23-6-4-22(5-7-23)11-15-10-20-21-19(15)14-1-2-17-18(9-14)27-13-26-17/h1-2,9-10,16H,3-8,11-13H2,(H,20,21). The van der Waals surface area contributed by atoms with Gasteiger partial charge in [-0.3, -0.25) is 14.9 Å². The third-order valence-corrected chi connectivity index (χ3v) is 7.66. The molecule has 0 bridgehead atoms. The summed E-state index contributed by atoms with van der Waals surface area (Å²) in [5, 5.41) is 7.37. The zero-order valence-corrected chi connectivity index (χ0v) is 16.5. The molecule has 3 aliphatic rings. The van der Waals surface area contributed by atoms with E-state index >= 15 is 0 Å². The smallest absolute Gasteiger partial charge is 0.231 e. The Labute approximate surface area is 164 Å². The van der Waals surface area contributed by atoms with Crippen molar-refractivity contribution in [3.63, 3.8) is 0 Å². The minimum absolute atomic E-state index is 0.199. The third kappa shape index (κ3) is 3.49. The molecule has 1 aromatic carbocycles. The van der Waals surface area contributed by atoms with Crippen molar-refractivity contribution < 1.29 is 17.9 Å². The van der Waals surface area contributed by atoms with Gasteiger partial charge in [-0.1, -0.05) is 0 Å². The zero-order chi connectivity index (χ0) is 19.1. The van der Waals surface area contributed by atoms with E-state index in [1.807, 2.05) is 24.4 Å². The Balaban J connectivity index is 1.23. The number of hydrogen-bond acceptors (Lipinski definition) is 7. The van der Waals surface area contributed by atoms with Crippen molar-refractivity contribution in [3.8, 4) is 22.8 Å². The van der Waals surface area contributed by atoms with E-state index in [1.165, 1.54) is 0 Å². The molecule has 4 heterocycles. The van der Waals surface area contributed by atoms with Crippen LogP contribution < -0.4 is 9.47 Å². The molecule has 9 heteroatoms. The summed E-state index contributed by atoms with van der Waals surface area (Å²) in [5.41, 5.74) is 3.19. The highest BCUT2D eigenvalue weighted by Crippen LogP contribution is 2.36. The number of aromatic nitrogens is 2. The molecular formula is C19H24N4O4S. The molecule has 2 fully saturated rings. The minimum atomic E-state index is -2.83. The number of hydrogen-bond donors (Lipinski definition) is 1. The van der Waals surface area contributed by atoms with E-state index in [1.54, 1.807) is 0 Å². The number of piperazine rings is 1. The number of ether oxygens (including phenoxy) is 2. The van der Waals surface area contributed by atoms with E-state index in [0.717, 1.165) is 67.5 Å². The summed E-state index contributed by atoms with van der Waals surface area (Å²) < 4.78 is 34.4. The number of aromatic amines is 1. The van der Waals surface area contributed by atoms with Gasteiger partial charge in [0.1, 0.15) is 0 Å². The average molecular weight is 404 g/mol. The highest BCUT2D eigenvalue weighted by Gasteiger charge is 2.33. The van der Waals surface area contributed by atoms with E-state index in [9.17, 15) is 8.42 Å². The topological polar surface area (TPSA) is 87.8 Å². The quantitative estimate of drug-likeness (QED) is 0.817. The van der Waals surface area contributed by atoms with Crippen molar-refractivity contribution in [3.05, 3.63) is 30.0 Å². The normalized spacial score (nSPS) is 24.6. The molecule has 2 saturated heterocycles. The Hall–Kier alpha value is -2.10. The van der Waals surface area contributed by atoms with Gasteiger partial charge in [-0.15, -0.1) is 0 Å². The molecule has 0 radical (unpaired) electrons. The molecule has 1 atom stereocenters. The molecule has 2 aromatic rings. The van der Waals surface area contributed by atoms with Gasteiger partial charge >= 0.3 is 0 Å². The van der Waals surface area contributed by atoms with Crippen LogP contribution in [0.2, 0.25) is 0 Å². The Bertz CT molecular complexity index is 966. The molecule has 28 heavy (non-hydrogen) atoms. The molecule has 3 aliphatic heterocycles. The van der Waals surface area contributed by atoms with Gasteiger partial charge in [-0.05, 0) is 24.6 Å². The molecule has 1 unspecified atom stereocenters. The maximum absolute atomic E-state index is 11.7. The Morgan fingerprint density at radius 2 is 1.96 bits per heavy atom. The molecule has 0 saturated carbocycles. The maximum Gasteiger partial charge on any atom is 0.231 e. The lowest BCUT2D eigenvalue weighted by Gasteiger charge is -2.37. The van der Waals surface area contributed by atoms with Gasteiger partial charge in [0, 0.05) is 49.9 Å². The number of sulfone groups is 1. The van der Waals surface area contributed by atoms with Crippen LogP contribution in [0.5, 0.6) is 11.5 Å². The second-order valence-electron chi connectivity index (χ2n) is 7.71. The molecular weight excluding hydrogens is 380 g/mol. The highest BCUT2D eigenvalue weighted by molar-refractivity contribution is 7.91. The van der Waals surface area contributed by atoms with Crippen molar-refractivity contribution in [2.75, 3.05) is 44.5 Å². The highest BCUT2D eigenvalue weighted by atomic mass is 32.2. The van der Waals surface area contributed by atoms with Crippen molar-refractivity contribution in [2.24, 2.45) is 0 Å². The second-order valence-corrected chi connectivity index (χ2v) is 9.94. The van der Waals surface area contributed by atoms with Crippen LogP contribution in [0.3, 0.4) is 0 Å². The molecule has 1 N–H and O–H groups in total. The number of rotatable bonds is 4. The van der Waals surface area contributed by atoms with E-state index < -0.39 is 9.84 Å². The lowest BCUT2D eigenvalue weighted by Crippen LogP contribution is -2.50. The Kier molecular flexibility index (Phi) is 4.53.